The summed E-state index contributed by atoms with van der Waals surface area (Å²) in [6.07, 6.45) is 0. The molecule has 0 fully saturated rings. The zero-order valence-corrected chi connectivity index (χ0v) is 16.3. The molecule has 0 saturated heterocycles. The number of nitrogens with one attached hydrogen (secondary N) is 2. The number of H-pyrrole nitrogens is 1. The molecular weight excluding hydrogens is 358 g/mol. The highest BCUT2D eigenvalue weighted by Gasteiger charge is 2.13. The van der Waals surface area contributed by atoms with Crippen LogP contribution < -0.4 is 15.6 Å². The van der Waals surface area contributed by atoms with Crippen LogP contribution in [-0.4, -0.2) is 28.7 Å². The molecule has 0 bridgehead atoms. The Kier molecular flexibility index (Phi) is 6.08. The number of rotatable bonds is 6. The van der Waals surface area contributed by atoms with E-state index in [1.165, 1.54) is 0 Å². The summed E-state index contributed by atoms with van der Waals surface area (Å²) in [5.74, 6) is 0.713. The summed E-state index contributed by atoms with van der Waals surface area (Å²) in [5.41, 5.74) is 2.45. The van der Waals surface area contributed by atoms with Gasteiger partial charge in [0.2, 0.25) is 0 Å². The molecule has 140 valence electrons. The molecule has 3 rings (SSSR count). The highest BCUT2D eigenvalue weighted by Crippen LogP contribution is 2.19. The van der Waals surface area contributed by atoms with Crippen LogP contribution in [0.2, 0.25) is 0 Å². The Bertz CT molecular complexity index is 986. The van der Waals surface area contributed by atoms with E-state index in [0.29, 0.717) is 29.5 Å². The van der Waals surface area contributed by atoms with Crippen molar-refractivity contribution in [2.24, 2.45) is 0 Å². The van der Waals surface area contributed by atoms with Crippen LogP contribution in [0.4, 0.5) is 0 Å². The van der Waals surface area contributed by atoms with E-state index in [1.807, 2.05) is 54.3 Å². The van der Waals surface area contributed by atoms with Gasteiger partial charge < -0.3 is 19.9 Å². The number of hydrogen-bond acceptors (Lipinski definition) is 3. The maximum absolute atomic E-state index is 12.6. The normalized spacial score (nSPS) is 10.6. The first-order valence-electron chi connectivity index (χ1n) is 8.87. The van der Waals surface area contributed by atoms with Crippen LogP contribution in [0, 0.1) is 0 Å². The molecule has 0 aliphatic carbocycles. The first-order chi connectivity index (χ1) is 13.1. The highest BCUT2D eigenvalue weighted by molar-refractivity contribution is 7.80. The van der Waals surface area contributed by atoms with Crippen molar-refractivity contribution < 1.29 is 4.74 Å². The van der Waals surface area contributed by atoms with E-state index in [2.05, 4.69) is 22.4 Å². The van der Waals surface area contributed by atoms with Crippen LogP contribution in [0.25, 0.3) is 10.9 Å². The molecule has 0 spiro atoms. The number of ether oxygens (including phenoxy) is 1. The minimum atomic E-state index is -0.117. The van der Waals surface area contributed by atoms with E-state index in [4.69, 9.17) is 17.0 Å². The van der Waals surface area contributed by atoms with E-state index in [9.17, 15) is 4.79 Å². The molecule has 0 saturated carbocycles. The van der Waals surface area contributed by atoms with Crippen molar-refractivity contribution in [3.8, 4) is 5.75 Å². The number of fused-ring (bicyclic) bond motifs is 1. The van der Waals surface area contributed by atoms with E-state index in [0.717, 1.165) is 23.0 Å². The van der Waals surface area contributed by atoms with Crippen molar-refractivity contribution >= 4 is 28.2 Å². The Morgan fingerprint density at radius 2 is 1.93 bits per heavy atom. The molecule has 6 heteroatoms. The van der Waals surface area contributed by atoms with Gasteiger partial charge in [-0.05, 0) is 48.3 Å². The first kappa shape index (κ1) is 18.9. The summed E-state index contributed by atoms with van der Waals surface area (Å²) in [4.78, 5) is 17.6. The smallest absolute Gasteiger partial charge is 0.253 e. The van der Waals surface area contributed by atoms with Gasteiger partial charge in [-0.3, -0.25) is 4.79 Å². The van der Waals surface area contributed by atoms with Crippen LogP contribution in [0.15, 0.2) is 59.4 Å². The van der Waals surface area contributed by atoms with Crippen molar-refractivity contribution in [3.63, 3.8) is 0 Å². The van der Waals surface area contributed by atoms with Gasteiger partial charge in [-0.25, -0.2) is 0 Å². The number of pyridine rings is 1. The third-order valence-electron chi connectivity index (χ3n) is 4.32. The van der Waals surface area contributed by atoms with Gasteiger partial charge in [0.25, 0.3) is 5.56 Å². The van der Waals surface area contributed by atoms with E-state index in [1.54, 1.807) is 7.11 Å². The monoisotopic (exact) mass is 381 g/mol. The molecule has 0 atom stereocenters. The number of benzene rings is 2. The third kappa shape index (κ3) is 4.65. The summed E-state index contributed by atoms with van der Waals surface area (Å²) in [5, 5.41) is 4.78. The van der Waals surface area contributed by atoms with Gasteiger partial charge in [-0.15, -0.1) is 0 Å². The largest absolute Gasteiger partial charge is 0.497 e. The van der Waals surface area contributed by atoms with Crippen molar-refractivity contribution in [2.45, 2.75) is 20.0 Å². The molecule has 1 heterocycles. The van der Waals surface area contributed by atoms with E-state index >= 15 is 0 Å². The molecule has 1 aromatic heterocycles. The third-order valence-corrected chi connectivity index (χ3v) is 4.73. The van der Waals surface area contributed by atoms with Gasteiger partial charge in [0.05, 0.1) is 19.2 Å². The lowest BCUT2D eigenvalue weighted by Crippen LogP contribution is -2.39. The lowest BCUT2D eigenvalue weighted by atomic mass is 10.1. The van der Waals surface area contributed by atoms with Gasteiger partial charge in [-0.2, -0.15) is 0 Å². The molecule has 3 aromatic rings. The van der Waals surface area contributed by atoms with Crippen LogP contribution in [0.3, 0.4) is 0 Å². The van der Waals surface area contributed by atoms with Crippen molar-refractivity contribution in [3.05, 3.63) is 76.1 Å². The standard InChI is InChI=1S/C21H23N3O2S/c1-3-22-21(27)24(13-15-7-5-4-6-8-15)14-17-11-16-9-10-18(26-2)12-19(16)23-20(17)25/h4-12H,3,13-14H2,1-2H3,(H,22,27)(H,23,25). The number of thiocarbonyl (C=S) groups is 1. The number of nitrogens with zero attached hydrogens (tertiary/aromatic N) is 1. The predicted octanol–water partition coefficient (Wildman–Crippen LogP) is 3.43. The SMILES string of the molecule is CCNC(=S)N(Cc1ccccc1)Cc1cc2ccc(OC)cc2[nH]c1=O. The molecule has 0 unspecified atom stereocenters. The van der Waals surface area contributed by atoms with Crippen molar-refractivity contribution in [1.82, 2.24) is 15.2 Å². The summed E-state index contributed by atoms with van der Waals surface area (Å²) in [6, 6.07) is 17.7. The summed E-state index contributed by atoms with van der Waals surface area (Å²) in [7, 11) is 1.61. The zero-order valence-electron chi connectivity index (χ0n) is 15.5. The van der Waals surface area contributed by atoms with Gasteiger partial charge in [0, 0.05) is 24.7 Å². The molecule has 27 heavy (non-hydrogen) atoms. The molecule has 0 aliphatic heterocycles. The van der Waals surface area contributed by atoms with Crippen LogP contribution in [0.1, 0.15) is 18.1 Å². The highest BCUT2D eigenvalue weighted by atomic mass is 32.1. The molecule has 0 radical (unpaired) electrons. The maximum Gasteiger partial charge on any atom is 0.253 e. The summed E-state index contributed by atoms with van der Waals surface area (Å²) >= 11 is 5.53. The topological polar surface area (TPSA) is 57.4 Å². The quantitative estimate of drug-likeness (QED) is 0.641. The van der Waals surface area contributed by atoms with Gasteiger partial charge in [0.1, 0.15) is 5.75 Å². The zero-order chi connectivity index (χ0) is 19.2. The molecular formula is C21H23N3O2S. The second kappa shape index (κ2) is 8.68. The Hall–Kier alpha value is -2.86. The Labute approximate surface area is 164 Å². The lowest BCUT2D eigenvalue weighted by Gasteiger charge is -2.25. The van der Waals surface area contributed by atoms with Crippen LogP contribution >= 0.6 is 12.2 Å². The Balaban J connectivity index is 1.91. The van der Waals surface area contributed by atoms with Gasteiger partial charge in [-0.1, -0.05) is 30.3 Å². The number of aromatic nitrogens is 1. The van der Waals surface area contributed by atoms with Crippen molar-refractivity contribution in [1.29, 1.82) is 0 Å². The predicted molar refractivity (Wildman–Crippen MR) is 113 cm³/mol. The first-order valence-corrected chi connectivity index (χ1v) is 9.28. The minimum Gasteiger partial charge on any atom is -0.497 e. The maximum atomic E-state index is 12.6. The minimum absolute atomic E-state index is 0.117. The molecule has 5 nitrogen and oxygen atoms in total. The Morgan fingerprint density at radius 1 is 1.15 bits per heavy atom. The molecule has 0 amide bonds. The fourth-order valence-corrected chi connectivity index (χ4v) is 3.22. The number of aromatic amines is 1. The summed E-state index contributed by atoms with van der Waals surface area (Å²) in [6.45, 7) is 3.80. The van der Waals surface area contributed by atoms with Crippen LogP contribution in [-0.2, 0) is 13.1 Å². The fraction of sp³-hybridized carbons (Fsp3) is 0.238. The van der Waals surface area contributed by atoms with Crippen molar-refractivity contribution in [2.75, 3.05) is 13.7 Å². The second-order valence-corrected chi connectivity index (χ2v) is 6.64. The average molecular weight is 382 g/mol. The number of hydrogen-bond donors (Lipinski definition) is 2. The second-order valence-electron chi connectivity index (χ2n) is 6.25. The van der Waals surface area contributed by atoms with Crippen LogP contribution in [0.5, 0.6) is 5.75 Å². The van der Waals surface area contributed by atoms with Gasteiger partial charge >= 0.3 is 0 Å². The Morgan fingerprint density at radius 3 is 2.63 bits per heavy atom. The van der Waals surface area contributed by atoms with Gasteiger partial charge in [0.15, 0.2) is 5.11 Å². The average Bonchev–Trinajstić information content (AvgIpc) is 2.68. The molecule has 0 aliphatic rings. The van der Waals surface area contributed by atoms with E-state index < -0.39 is 0 Å². The number of methoxy groups -OCH3 is 1. The lowest BCUT2D eigenvalue weighted by molar-refractivity contribution is 0.398. The molecule has 2 aromatic carbocycles. The van der Waals surface area contributed by atoms with E-state index in [-0.39, 0.29) is 5.56 Å². The summed E-state index contributed by atoms with van der Waals surface area (Å²) < 4.78 is 5.23. The molecule has 2 N–H and O–H groups in total. The fourth-order valence-electron chi connectivity index (χ4n) is 2.94.